The molecule has 0 spiro atoms. The molecule has 2 atom stereocenters. The molecule has 0 saturated heterocycles. The zero-order valence-corrected chi connectivity index (χ0v) is 40.5. The van der Waals surface area contributed by atoms with Gasteiger partial charge < -0.3 is 14.2 Å². The maximum atomic E-state index is 12.8. The minimum atomic E-state index is -0.763. The van der Waals surface area contributed by atoms with Crippen LogP contribution in [0.3, 0.4) is 0 Å². The summed E-state index contributed by atoms with van der Waals surface area (Å²) in [5.41, 5.74) is 0. The van der Waals surface area contributed by atoms with Crippen LogP contribution in [0.1, 0.15) is 286 Å². The van der Waals surface area contributed by atoms with Gasteiger partial charge in [-0.1, -0.05) is 247 Å². The quantitative estimate of drug-likeness (QED) is 0.0345. The van der Waals surface area contributed by atoms with E-state index < -0.39 is 6.10 Å². The Labute approximate surface area is 368 Å². The van der Waals surface area contributed by atoms with Crippen molar-refractivity contribution in [2.45, 2.75) is 292 Å². The molecule has 0 aromatic carbocycles. The Hall–Kier alpha value is -1.59. The van der Waals surface area contributed by atoms with Crippen molar-refractivity contribution >= 4 is 17.9 Å². The average Bonchev–Trinajstić information content (AvgIpc) is 3.20. The van der Waals surface area contributed by atoms with E-state index >= 15 is 0 Å². The van der Waals surface area contributed by atoms with Gasteiger partial charge in [0.15, 0.2) is 6.10 Å². The lowest BCUT2D eigenvalue weighted by Crippen LogP contribution is -2.30. The molecular formula is C53H102O6. The van der Waals surface area contributed by atoms with Crippen molar-refractivity contribution in [3.8, 4) is 0 Å². The van der Waals surface area contributed by atoms with E-state index in [0.717, 1.165) is 75.5 Å². The number of esters is 3. The van der Waals surface area contributed by atoms with Gasteiger partial charge in [-0.3, -0.25) is 14.4 Å². The van der Waals surface area contributed by atoms with E-state index in [1.54, 1.807) is 0 Å². The number of hydrogen-bond donors (Lipinski definition) is 0. The fourth-order valence-corrected chi connectivity index (χ4v) is 7.91. The van der Waals surface area contributed by atoms with Crippen LogP contribution in [0.5, 0.6) is 0 Å². The summed E-state index contributed by atoms with van der Waals surface area (Å²) in [4.78, 5) is 37.9. The van der Waals surface area contributed by atoms with Crippen molar-refractivity contribution in [2.24, 2.45) is 17.8 Å². The number of rotatable bonds is 46. The van der Waals surface area contributed by atoms with Gasteiger partial charge in [0.1, 0.15) is 13.2 Å². The zero-order valence-electron chi connectivity index (χ0n) is 40.5. The third kappa shape index (κ3) is 45.8. The minimum Gasteiger partial charge on any atom is -0.462 e. The second-order valence-corrected chi connectivity index (χ2v) is 19.4. The standard InChI is InChI=1S/C53H102O6/c1-7-49(6)41-35-29-23-16-13-14-18-26-32-38-44-53(56)59-50(46-58-52(55)43-37-31-25-20-19-22-28-34-40-48(4)5)45-57-51(54)42-36-30-24-17-12-10-8-9-11-15-21-27-33-39-47(2)3/h47-50H,7-46H2,1-6H3/t49?,50-/m1/s1. The fourth-order valence-electron chi connectivity index (χ4n) is 7.91. The highest BCUT2D eigenvalue weighted by atomic mass is 16.6. The summed E-state index contributed by atoms with van der Waals surface area (Å²) in [7, 11) is 0. The molecule has 0 rings (SSSR count). The van der Waals surface area contributed by atoms with E-state index in [4.69, 9.17) is 14.2 Å². The second-order valence-electron chi connectivity index (χ2n) is 19.4. The molecular weight excluding hydrogens is 733 g/mol. The third-order valence-corrected chi connectivity index (χ3v) is 12.3. The second kappa shape index (κ2) is 44.5. The third-order valence-electron chi connectivity index (χ3n) is 12.3. The Kier molecular flexibility index (Phi) is 43.3. The lowest BCUT2D eigenvalue weighted by atomic mass is 9.99. The molecule has 0 bridgehead atoms. The van der Waals surface area contributed by atoms with Crippen LogP contribution in [0.4, 0.5) is 0 Å². The van der Waals surface area contributed by atoms with Gasteiger partial charge in [0, 0.05) is 19.3 Å². The van der Waals surface area contributed by atoms with E-state index in [2.05, 4.69) is 41.5 Å². The van der Waals surface area contributed by atoms with Gasteiger partial charge in [-0.2, -0.15) is 0 Å². The first kappa shape index (κ1) is 57.4. The van der Waals surface area contributed by atoms with Crippen molar-refractivity contribution in [1.29, 1.82) is 0 Å². The first-order valence-electron chi connectivity index (χ1n) is 26.1. The largest absolute Gasteiger partial charge is 0.462 e. The summed E-state index contributed by atoms with van der Waals surface area (Å²) in [6.07, 6.45) is 43.7. The Morgan fingerprint density at radius 3 is 0.881 bits per heavy atom. The number of ether oxygens (including phenoxy) is 3. The van der Waals surface area contributed by atoms with Crippen LogP contribution in [0, 0.1) is 17.8 Å². The van der Waals surface area contributed by atoms with E-state index in [1.165, 1.54) is 167 Å². The smallest absolute Gasteiger partial charge is 0.306 e. The molecule has 0 saturated carbocycles. The number of carbonyl (C=O) groups is 3. The van der Waals surface area contributed by atoms with Gasteiger partial charge in [0.25, 0.3) is 0 Å². The van der Waals surface area contributed by atoms with Crippen LogP contribution in [0.2, 0.25) is 0 Å². The Balaban J connectivity index is 4.31. The van der Waals surface area contributed by atoms with Gasteiger partial charge in [0.2, 0.25) is 0 Å². The summed E-state index contributed by atoms with van der Waals surface area (Å²) in [6, 6.07) is 0. The summed E-state index contributed by atoms with van der Waals surface area (Å²) in [5, 5.41) is 0. The zero-order chi connectivity index (χ0) is 43.4. The van der Waals surface area contributed by atoms with E-state index in [-0.39, 0.29) is 31.1 Å². The lowest BCUT2D eigenvalue weighted by molar-refractivity contribution is -0.167. The first-order chi connectivity index (χ1) is 28.6. The normalized spacial score (nSPS) is 12.6. The minimum absolute atomic E-state index is 0.0649. The maximum absolute atomic E-state index is 12.8. The molecule has 0 aliphatic heterocycles. The van der Waals surface area contributed by atoms with Gasteiger partial charge in [-0.05, 0) is 37.0 Å². The molecule has 6 nitrogen and oxygen atoms in total. The monoisotopic (exact) mass is 835 g/mol. The number of hydrogen-bond acceptors (Lipinski definition) is 6. The van der Waals surface area contributed by atoms with Gasteiger partial charge in [-0.25, -0.2) is 0 Å². The highest BCUT2D eigenvalue weighted by molar-refractivity contribution is 5.71. The van der Waals surface area contributed by atoms with Crippen molar-refractivity contribution in [2.75, 3.05) is 13.2 Å². The van der Waals surface area contributed by atoms with Crippen LogP contribution in [0.15, 0.2) is 0 Å². The Morgan fingerprint density at radius 2 is 0.593 bits per heavy atom. The summed E-state index contributed by atoms with van der Waals surface area (Å²) >= 11 is 0. The molecule has 0 aromatic rings. The SMILES string of the molecule is CCC(C)CCCCCCCCCCCCC(=O)O[C@H](COC(=O)CCCCCCCCCCCCCCCC(C)C)COC(=O)CCCCCCCCCCC(C)C. The fraction of sp³-hybridized carbons (Fsp3) is 0.943. The molecule has 1 unspecified atom stereocenters. The Morgan fingerprint density at radius 1 is 0.339 bits per heavy atom. The van der Waals surface area contributed by atoms with E-state index in [0.29, 0.717) is 19.3 Å². The molecule has 350 valence electrons. The van der Waals surface area contributed by atoms with Gasteiger partial charge >= 0.3 is 17.9 Å². The maximum Gasteiger partial charge on any atom is 0.306 e. The highest BCUT2D eigenvalue weighted by Gasteiger charge is 2.19. The molecule has 0 amide bonds. The van der Waals surface area contributed by atoms with Crippen LogP contribution >= 0.6 is 0 Å². The molecule has 0 heterocycles. The molecule has 0 N–H and O–H groups in total. The van der Waals surface area contributed by atoms with Crippen LogP contribution in [-0.4, -0.2) is 37.2 Å². The van der Waals surface area contributed by atoms with Gasteiger partial charge in [-0.15, -0.1) is 0 Å². The molecule has 0 radical (unpaired) electrons. The lowest BCUT2D eigenvalue weighted by Gasteiger charge is -2.18. The topological polar surface area (TPSA) is 78.9 Å². The van der Waals surface area contributed by atoms with Crippen LogP contribution in [-0.2, 0) is 28.6 Å². The summed E-state index contributed by atoms with van der Waals surface area (Å²) < 4.78 is 16.8. The predicted molar refractivity (Wildman–Crippen MR) is 252 cm³/mol. The van der Waals surface area contributed by atoms with Crippen molar-refractivity contribution in [3.05, 3.63) is 0 Å². The molecule has 6 heteroatoms. The molecule has 0 aromatic heterocycles. The number of carbonyl (C=O) groups excluding carboxylic acids is 3. The van der Waals surface area contributed by atoms with Crippen LogP contribution in [0.25, 0.3) is 0 Å². The first-order valence-corrected chi connectivity index (χ1v) is 26.1. The van der Waals surface area contributed by atoms with Crippen molar-refractivity contribution < 1.29 is 28.6 Å². The van der Waals surface area contributed by atoms with Crippen LogP contribution < -0.4 is 0 Å². The molecule has 59 heavy (non-hydrogen) atoms. The Bertz CT molecular complexity index is 916. The predicted octanol–water partition coefficient (Wildman–Crippen LogP) is 16.8. The summed E-state index contributed by atoms with van der Waals surface area (Å²) in [5.74, 6) is 1.65. The van der Waals surface area contributed by atoms with Gasteiger partial charge in [0.05, 0.1) is 0 Å². The molecule has 0 fully saturated rings. The van der Waals surface area contributed by atoms with E-state index in [9.17, 15) is 14.4 Å². The highest BCUT2D eigenvalue weighted by Crippen LogP contribution is 2.18. The molecule has 0 aliphatic rings. The molecule has 0 aliphatic carbocycles. The summed E-state index contributed by atoms with van der Waals surface area (Å²) in [6.45, 7) is 13.7. The van der Waals surface area contributed by atoms with E-state index in [1.807, 2.05) is 0 Å². The number of unbranched alkanes of at least 4 members (excludes halogenated alkanes) is 28. The van der Waals surface area contributed by atoms with Crippen molar-refractivity contribution in [1.82, 2.24) is 0 Å². The van der Waals surface area contributed by atoms with Crippen molar-refractivity contribution in [3.63, 3.8) is 0 Å². The average molecular weight is 835 g/mol.